The van der Waals surface area contributed by atoms with Crippen LogP contribution in [0.15, 0.2) is 15.4 Å². The molecule has 22 heavy (non-hydrogen) atoms. The second-order valence-corrected chi connectivity index (χ2v) is 6.99. The van der Waals surface area contributed by atoms with Gasteiger partial charge in [-0.3, -0.25) is 0 Å². The summed E-state index contributed by atoms with van der Waals surface area (Å²) in [4.78, 5) is 11.5. The Hall–Kier alpha value is -1.09. The van der Waals surface area contributed by atoms with Gasteiger partial charge in [0.2, 0.25) is 15.8 Å². The van der Waals surface area contributed by atoms with Gasteiger partial charge in [-0.05, 0) is 32.9 Å². The van der Waals surface area contributed by atoms with Gasteiger partial charge in [0, 0.05) is 19.2 Å². The number of furan rings is 1. The number of rotatable bonds is 4. The molecule has 1 aromatic heterocycles. The lowest BCUT2D eigenvalue weighted by molar-refractivity contribution is 0.0563. The number of carbonyl (C=O) groups is 1. The predicted molar refractivity (Wildman–Crippen MR) is 82.9 cm³/mol. The van der Waals surface area contributed by atoms with Crippen LogP contribution in [0.25, 0.3) is 0 Å². The number of nitrogens with one attached hydrogen (secondary N) is 1. The molecule has 1 saturated heterocycles. The first-order valence-corrected chi connectivity index (χ1v) is 8.19. The van der Waals surface area contributed by atoms with Gasteiger partial charge in [0.1, 0.15) is 10.7 Å². The van der Waals surface area contributed by atoms with E-state index in [2.05, 4.69) is 10.1 Å². The lowest BCUT2D eigenvalue weighted by atomic mass is 10.1. The maximum atomic E-state index is 12.7. The number of sulfonamides is 1. The van der Waals surface area contributed by atoms with E-state index in [1.165, 1.54) is 24.4 Å². The van der Waals surface area contributed by atoms with Crippen LogP contribution in [0.2, 0.25) is 0 Å². The van der Waals surface area contributed by atoms with Crippen molar-refractivity contribution in [2.45, 2.75) is 30.7 Å². The average Bonchev–Trinajstić information content (AvgIpc) is 2.89. The molecular weight excluding hydrogens is 332 g/mol. The molecule has 1 aliphatic heterocycles. The Morgan fingerprint density at radius 1 is 1.41 bits per heavy atom. The molecule has 0 radical (unpaired) electrons. The topological polar surface area (TPSA) is 88.9 Å². The van der Waals surface area contributed by atoms with Crippen LogP contribution in [-0.2, 0) is 14.8 Å². The van der Waals surface area contributed by atoms with Gasteiger partial charge in [-0.2, -0.15) is 4.31 Å². The molecule has 2 heterocycles. The summed E-state index contributed by atoms with van der Waals surface area (Å²) < 4.78 is 36.5. The van der Waals surface area contributed by atoms with Crippen molar-refractivity contribution in [2.24, 2.45) is 0 Å². The third kappa shape index (κ3) is 3.62. The summed E-state index contributed by atoms with van der Waals surface area (Å²) in [7, 11) is -0.903. The van der Waals surface area contributed by atoms with Gasteiger partial charge in [0.25, 0.3) is 0 Å². The van der Waals surface area contributed by atoms with Gasteiger partial charge in [0.15, 0.2) is 0 Å². The molecule has 0 saturated carbocycles. The van der Waals surface area contributed by atoms with E-state index in [1.54, 1.807) is 7.05 Å². The van der Waals surface area contributed by atoms with Crippen LogP contribution < -0.4 is 5.32 Å². The number of halogens is 1. The lowest BCUT2D eigenvalue weighted by Crippen LogP contribution is -2.43. The first-order valence-electron chi connectivity index (χ1n) is 6.75. The van der Waals surface area contributed by atoms with E-state index in [1.807, 2.05) is 0 Å². The molecule has 2 rings (SSSR count). The fourth-order valence-electron chi connectivity index (χ4n) is 2.44. The Balaban J connectivity index is 0.00000242. The predicted octanol–water partition coefficient (Wildman–Crippen LogP) is 1.17. The third-order valence-corrected chi connectivity index (χ3v) is 5.76. The highest BCUT2D eigenvalue weighted by Crippen LogP contribution is 2.26. The zero-order valence-corrected chi connectivity index (χ0v) is 14.4. The number of hydrogen-bond donors (Lipinski definition) is 1. The van der Waals surface area contributed by atoms with Gasteiger partial charge in [-0.25, -0.2) is 13.2 Å². The fraction of sp³-hybridized carbons (Fsp3) is 0.615. The molecule has 7 nitrogen and oxygen atoms in total. The summed E-state index contributed by atoms with van der Waals surface area (Å²) in [5, 5.41) is 3.20. The minimum absolute atomic E-state index is 0. The van der Waals surface area contributed by atoms with Crippen LogP contribution >= 0.6 is 12.4 Å². The summed E-state index contributed by atoms with van der Waals surface area (Å²) in [6.45, 7) is 3.11. The summed E-state index contributed by atoms with van der Waals surface area (Å²) in [5.74, 6) is -0.604. The highest BCUT2D eigenvalue weighted by molar-refractivity contribution is 7.89. The van der Waals surface area contributed by atoms with E-state index in [-0.39, 0.29) is 34.9 Å². The van der Waals surface area contributed by atoms with E-state index in [9.17, 15) is 13.2 Å². The average molecular weight is 353 g/mol. The van der Waals surface area contributed by atoms with Crippen LogP contribution in [-0.4, -0.2) is 52.0 Å². The van der Waals surface area contributed by atoms with E-state index in [4.69, 9.17) is 4.42 Å². The van der Waals surface area contributed by atoms with Crippen LogP contribution in [0.5, 0.6) is 0 Å². The van der Waals surface area contributed by atoms with E-state index in [0.29, 0.717) is 0 Å². The number of carbonyl (C=O) groups excluding carboxylic acids is 1. The minimum atomic E-state index is -3.69. The molecule has 0 unspecified atom stereocenters. The number of hydrogen-bond acceptors (Lipinski definition) is 6. The van der Waals surface area contributed by atoms with Crippen LogP contribution in [0.3, 0.4) is 0 Å². The molecule has 0 amide bonds. The molecule has 0 bridgehead atoms. The standard InChI is InChI=1S/C13H20N2O5S.ClH/c1-9-12(8-11(20-9)13(16)19-3)21(17,18)15(2)10-4-6-14-7-5-10;/h8,10,14H,4-7H2,1-3H3;1H. The second-order valence-electron chi connectivity index (χ2n) is 5.03. The second kappa shape index (κ2) is 7.45. The van der Waals surface area contributed by atoms with E-state index in [0.717, 1.165) is 25.9 Å². The van der Waals surface area contributed by atoms with Gasteiger partial charge in [-0.15, -0.1) is 12.4 Å². The minimum Gasteiger partial charge on any atom is -0.463 e. The van der Waals surface area contributed by atoms with E-state index < -0.39 is 16.0 Å². The van der Waals surface area contributed by atoms with Crippen LogP contribution in [0.1, 0.15) is 29.2 Å². The van der Waals surface area contributed by atoms with Crippen molar-refractivity contribution >= 4 is 28.4 Å². The third-order valence-electron chi connectivity index (χ3n) is 3.74. The molecular formula is C13H21ClN2O5S. The Morgan fingerprint density at radius 2 is 2.00 bits per heavy atom. The highest BCUT2D eigenvalue weighted by Gasteiger charge is 2.32. The van der Waals surface area contributed by atoms with Crippen molar-refractivity contribution in [3.8, 4) is 0 Å². The van der Waals surface area contributed by atoms with E-state index >= 15 is 0 Å². The molecule has 1 fully saturated rings. The molecule has 126 valence electrons. The maximum absolute atomic E-state index is 12.7. The Morgan fingerprint density at radius 3 is 2.55 bits per heavy atom. The maximum Gasteiger partial charge on any atom is 0.373 e. The fourth-order valence-corrected chi connectivity index (χ4v) is 4.02. The Labute approximate surface area is 136 Å². The van der Waals surface area contributed by atoms with Gasteiger partial charge >= 0.3 is 5.97 Å². The van der Waals surface area contributed by atoms with Crippen molar-refractivity contribution in [3.05, 3.63) is 17.6 Å². The first kappa shape index (κ1) is 19.0. The van der Waals surface area contributed by atoms with Crippen LogP contribution in [0, 0.1) is 6.92 Å². The van der Waals surface area contributed by atoms with Crippen molar-refractivity contribution < 1.29 is 22.4 Å². The van der Waals surface area contributed by atoms with Crippen molar-refractivity contribution in [2.75, 3.05) is 27.2 Å². The van der Waals surface area contributed by atoms with Crippen LogP contribution in [0.4, 0.5) is 0 Å². The quantitative estimate of drug-likeness (QED) is 0.818. The zero-order valence-electron chi connectivity index (χ0n) is 12.8. The van der Waals surface area contributed by atoms with Crippen molar-refractivity contribution in [1.82, 2.24) is 9.62 Å². The molecule has 1 N–H and O–H groups in total. The molecule has 1 aromatic rings. The Bertz CT molecular complexity index is 622. The number of nitrogens with zero attached hydrogens (tertiary/aromatic N) is 1. The smallest absolute Gasteiger partial charge is 0.373 e. The summed E-state index contributed by atoms with van der Waals surface area (Å²) in [6.07, 6.45) is 1.52. The van der Waals surface area contributed by atoms with Crippen molar-refractivity contribution in [3.63, 3.8) is 0 Å². The number of ether oxygens (including phenoxy) is 1. The zero-order chi connectivity index (χ0) is 15.6. The summed E-state index contributed by atoms with van der Waals surface area (Å²) in [5.41, 5.74) is 0. The molecule has 0 spiro atoms. The normalized spacial score (nSPS) is 16.4. The van der Waals surface area contributed by atoms with Gasteiger partial charge in [-0.1, -0.05) is 0 Å². The largest absolute Gasteiger partial charge is 0.463 e. The molecule has 9 heteroatoms. The lowest BCUT2D eigenvalue weighted by Gasteiger charge is -2.30. The first-order chi connectivity index (χ1) is 9.87. The molecule has 0 aromatic carbocycles. The monoisotopic (exact) mass is 352 g/mol. The van der Waals surface area contributed by atoms with Crippen molar-refractivity contribution in [1.29, 1.82) is 0 Å². The molecule has 1 aliphatic rings. The highest BCUT2D eigenvalue weighted by atomic mass is 35.5. The molecule has 0 atom stereocenters. The number of esters is 1. The molecule has 0 aliphatic carbocycles. The van der Waals surface area contributed by atoms with Gasteiger partial charge < -0.3 is 14.5 Å². The summed E-state index contributed by atoms with van der Waals surface area (Å²) >= 11 is 0. The van der Waals surface area contributed by atoms with Gasteiger partial charge in [0.05, 0.1) is 7.11 Å². The number of methoxy groups -OCH3 is 1. The number of piperidine rings is 1. The number of aryl methyl sites for hydroxylation is 1. The Kier molecular flexibility index (Phi) is 6.42. The summed E-state index contributed by atoms with van der Waals surface area (Å²) in [6, 6.07) is 1.18. The SMILES string of the molecule is COC(=O)c1cc(S(=O)(=O)N(C)C2CCNCC2)c(C)o1.Cl.